The van der Waals surface area contributed by atoms with Crippen molar-refractivity contribution in [2.45, 2.75) is 26.0 Å². The monoisotopic (exact) mass is 335 g/mol. The van der Waals surface area contributed by atoms with Crippen molar-refractivity contribution in [2.24, 2.45) is 5.92 Å². The van der Waals surface area contributed by atoms with Crippen LogP contribution in [0.4, 0.5) is 4.79 Å². The Morgan fingerprint density at radius 1 is 1.42 bits per heavy atom. The van der Waals surface area contributed by atoms with Crippen LogP contribution in [0.1, 0.15) is 18.9 Å². The molecule has 0 spiro atoms. The predicted molar refractivity (Wildman–Crippen MR) is 89.8 cm³/mol. The van der Waals surface area contributed by atoms with Crippen LogP contribution in [0.5, 0.6) is 5.75 Å². The number of methoxy groups -OCH3 is 1. The molecule has 0 aromatic heterocycles. The van der Waals surface area contributed by atoms with Crippen LogP contribution in [0.25, 0.3) is 0 Å². The molecule has 0 bridgehead atoms. The maximum Gasteiger partial charge on any atom is 0.315 e. The van der Waals surface area contributed by atoms with Crippen LogP contribution in [0, 0.1) is 5.92 Å². The van der Waals surface area contributed by atoms with Crippen molar-refractivity contribution < 1.29 is 19.1 Å². The first-order valence-corrected chi connectivity index (χ1v) is 8.13. The molecule has 1 aromatic carbocycles. The van der Waals surface area contributed by atoms with Gasteiger partial charge < -0.3 is 25.4 Å². The van der Waals surface area contributed by atoms with Crippen LogP contribution in [0.15, 0.2) is 24.3 Å². The van der Waals surface area contributed by atoms with E-state index >= 15 is 0 Å². The molecule has 7 heteroatoms. The highest BCUT2D eigenvalue weighted by Crippen LogP contribution is 2.13. The van der Waals surface area contributed by atoms with Crippen molar-refractivity contribution in [1.82, 2.24) is 16.0 Å². The first-order valence-electron chi connectivity index (χ1n) is 8.13. The number of nitrogens with one attached hydrogen (secondary N) is 3. The summed E-state index contributed by atoms with van der Waals surface area (Å²) in [5, 5.41) is 8.16. The summed E-state index contributed by atoms with van der Waals surface area (Å²) < 4.78 is 10.7. The summed E-state index contributed by atoms with van der Waals surface area (Å²) in [6.45, 7) is 3.83. The molecule has 7 nitrogen and oxygen atoms in total. The molecule has 24 heavy (non-hydrogen) atoms. The third kappa shape index (κ3) is 5.42. The Bertz CT molecular complexity index is 565. The van der Waals surface area contributed by atoms with Gasteiger partial charge in [0.15, 0.2) is 0 Å². The quantitative estimate of drug-likeness (QED) is 0.650. The number of benzene rings is 1. The van der Waals surface area contributed by atoms with Crippen LogP contribution in [0.2, 0.25) is 0 Å². The molecule has 1 aliphatic heterocycles. The van der Waals surface area contributed by atoms with Gasteiger partial charge in [-0.1, -0.05) is 19.1 Å². The Labute approximate surface area is 142 Å². The van der Waals surface area contributed by atoms with Crippen molar-refractivity contribution in [2.75, 3.05) is 26.8 Å². The maximum absolute atomic E-state index is 11.8. The van der Waals surface area contributed by atoms with Gasteiger partial charge in [0.2, 0.25) is 5.91 Å². The van der Waals surface area contributed by atoms with E-state index in [1.165, 1.54) is 0 Å². The van der Waals surface area contributed by atoms with E-state index < -0.39 is 6.04 Å². The summed E-state index contributed by atoms with van der Waals surface area (Å²) in [6.07, 6.45) is 0.861. The molecule has 0 radical (unpaired) electrons. The maximum atomic E-state index is 11.8. The Morgan fingerprint density at radius 2 is 2.25 bits per heavy atom. The van der Waals surface area contributed by atoms with E-state index in [0.29, 0.717) is 26.3 Å². The Morgan fingerprint density at radius 3 is 3.00 bits per heavy atom. The number of rotatable bonds is 7. The summed E-state index contributed by atoms with van der Waals surface area (Å²) in [4.78, 5) is 23.6. The van der Waals surface area contributed by atoms with Crippen LogP contribution in [0.3, 0.4) is 0 Å². The summed E-state index contributed by atoms with van der Waals surface area (Å²) in [5.74, 6) is 0.792. The predicted octanol–water partition coefficient (Wildman–Crippen LogP) is 1.04. The SMILES string of the molecule is COc1cccc(COCCNC(=O)N[C@H]2C(=O)NCC[C@@H]2C)c1. The van der Waals surface area contributed by atoms with E-state index in [1.807, 2.05) is 31.2 Å². The van der Waals surface area contributed by atoms with E-state index in [4.69, 9.17) is 9.47 Å². The molecular formula is C17H25N3O4. The fourth-order valence-electron chi connectivity index (χ4n) is 2.55. The third-order valence-corrected chi connectivity index (χ3v) is 3.97. The molecule has 0 aliphatic carbocycles. The highest BCUT2D eigenvalue weighted by atomic mass is 16.5. The largest absolute Gasteiger partial charge is 0.497 e. The lowest BCUT2D eigenvalue weighted by Gasteiger charge is -2.28. The first kappa shape index (κ1) is 18.1. The second-order valence-corrected chi connectivity index (χ2v) is 5.84. The lowest BCUT2D eigenvalue weighted by Crippen LogP contribution is -2.56. The van der Waals surface area contributed by atoms with Crippen LogP contribution in [-0.4, -0.2) is 44.8 Å². The summed E-state index contributed by atoms with van der Waals surface area (Å²) >= 11 is 0. The molecular weight excluding hydrogens is 310 g/mol. The van der Waals surface area contributed by atoms with Gasteiger partial charge in [-0.15, -0.1) is 0 Å². The molecule has 1 fully saturated rings. The molecule has 0 unspecified atom stereocenters. The van der Waals surface area contributed by atoms with Gasteiger partial charge in [0.25, 0.3) is 0 Å². The average molecular weight is 335 g/mol. The summed E-state index contributed by atoms with van der Waals surface area (Å²) in [6, 6.07) is 6.80. The topological polar surface area (TPSA) is 88.7 Å². The first-order chi connectivity index (χ1) is 11.6. The second-order valence-electron chi connectivity index (χ2n) is 5.84. The minimum absolute atomic E-state index is 0.127. The van der Waals surface area contributed by atoms with Crippen molar-refractivity contribution in [3.05, 3.63) is 29.8 Å². The fraction of sp³-hybridized carbons (Fsp3) is 0.529. The molecule has 3 amide bonds. The van der Waals surface area contributed by atoms with Gasteiger partial charge in [0, 0.05) is 13.1 Å². The van der Waals surface area contributed by atoms with Gasteiger partial charge in [0.1, 0.15) is 11.8 Å². The number of amides is 3. The highest BCUT2D eigenvalue weighted by molar-refractivity contribution is 5.87. The Hall–Kier alpha value is -2.28. The van der Waals surface area contributed by atoms with Gasteiger partial charge >= 0.3 is 6.03 Å². The Balaban J connectivity index is 1.63. The van der Waals surface area contributed by atoms with E-state index in [1.54, 1.807) is 7.11 Å². The van der Waals surface area contributed by atoms with E-state index in [-0.39, 0.29) is 17.9 Å². The summed E-state index contributed by atoms with van der Waals surface area (Å²) in [5.41, 5.74) is 1.01. The second kappa shape index (κ2) is 9.12. The minimum Gasteiger partial charge on any atom is -0.497 e. The Kier molecular flexibility index (Phi) is 6.87. The van der Waals surface area contributed by atoms with Crippen molar-refractivity contribution in [1.29, 1.82) is 0 Å². The third-order valence-electron chi connectivity index (χ3n) is 3.97. The average Bonchev–Trinajstić information content (AvgIpc) is 2.58. The zero-order valence-electron chi connectivity index (χ0n) is 14.1. The van der Waals surface area contributed by atoms with Crippen LogP contribution >= 0.6 is 0 Å². The molecule has 1 saturated heterocycles. The number of piperidine rings is 1. The zero-order valence-corrected chi connectivity index (χ0v) is 14.1. The molecule has 1 aliphatic rings. The number of urea groups is 1. The van der Waals surface area contributed by atoms with Gasteiger partial charge in [0.05, 0.1) is 20.3 Å². The fourth-order valence-corrected chi connectivity index (χ4v) is 2.55. The summed E-state index contributed by atoms with van der Waals surface area (Å²) in [7, 11) is 1.62. The normalized spacial score (nSPS) is 20.2. The molecule has 1 aromatic rings. The molecule has 1 heterocycles. The van der Waals surface area contributed by atoms with E-state index in [9.17, 15) is 9.59 Å². The van der Waals surface area contributed by atoms with Gasteiger partial charge in [-0.05, 0) is 30.0 Å². The zero-order chi connectivity index (χ0) is 17.4. The van der Waals surface area contributed by atoms with Crippen molar-refractivity contribution in [3.63, 3.8) is 0 Å². The molecule has 3 N–H and O–H groups in total. The van der Waals surface area contributed by atoms with Gasteiger partial charge in [-0.25, -0.2) is 4.79 Å². The number of hydrogen-bond donors (Lipinski definition) is 3. The highest BCUT2D eigenvalue weighted by Gasteiger charge is 2.29. The standard InChI is InChI=1S/C17H25N3O4/c1-12-6-7-18-16(21)15(12)20-17(22)19-8-9-24-11-13-4-3-5-14(10-13)23-2/h3-5,10,12,15H,6-9,11H2,1-2H3,(H,18,21)(H2,19,20,22)/t12-,15+/m0/s1. The van der Waals surface area contributed by atoms with Crippen LogP contribution in [-0.2, 0) is 16.1 Å². The van der Waals surface area contributed by atoms with Crippen molar-refractivity contribution >= 4 is 11.9 Å². The van der Waals surface area contributed by atoms with E-state index in [0.717, 1.165) is 17.7 Å². The van der Waals surface area contributed by atoms with Gasteiger partial charge in [-0.3, -0.25) is 4.79 Å². The number of carbonyl (C=O) groups excluding carboxylic acids is 2. The lowest BCUT2D eigenvalue weighted by molar-refractivity contribution is -0.125. The number of hydrogen-bond acceptors (Lipinski definition) is 4. The lowest BCUT2D eigenvalue weighted by atomic mass is 9.94. The number of carbonyl (C=O) groups is 2. The number of ether oxygens (including phenoxy) is 2. The smallest absolute Gasteiger partial charge is 0.315 e. The minimum atomic E-state index is -0.476. The van der Waals surface area contributed by atoms with Crippen LogP contribution < -0.4 is 20.7 Å². The van der Waals surface area contributed by atoms with Crippen molar-refractivity contribution in [3.8, 4) is 5.75 Å². The molecule has 2 rings (SSSR count). The van der Waals surface area contributed by atoms with Gasteiger partial charge in [-0.2, -0.15) is 0 Å². The molecule has 2 atom stereocenters. The molecule has 132 valence electrons. The molecule has 0 saturated carbocycles. The van der Waals surface area contributed by atoms with E-state index in [2.05, 4.69) is 16.0 Å².